The minimum Gasteiger partial charge on any atom is -0.366 e. The number of nitrogens with two attached hydrogens (primary N) is 1. The van der Waals surface area contributed by atoms with Crippen LogP contribution in [0.25, 0.3) is 10.4 Å². The van der Waals surface area contributed by atoms with Crippen molar-refractivity contribution in [3.63, 3.8) is 0 Å². The van der Waals surface area contributed by atoms with E-state index in [1.54, 1.807) is 17.3 Å². The summed E-state index contributed by atoms with van der Waals surface area (Å²) < 4.78 is 5.58. The average molecular weight is 489 g/mol. The van der Waals surface area contributed by atoms with Gasteiger partial charge in [-0.2, -0.15) is 0 Å². The third-order valence-electron chi connectivity index (χ3n) is 6.89. The zero-order valence-electron chi connectivity index (χ0n) is 18.0. The van der Waals surface area contributed by atoms with Gasteiger partial charge in [-0.15, -0.1) is 22.9 Å². The Hall–Kier alpha value is -2.36. The normalized spacial score (nSPS) is 26.4. The van der Waals surface area contributed by atoms with Crippen LogP contribution in [0.5, 0.6) is 0 Å². The van der Waals surface area contributed by atoms with Crippen molar-refractivity contribution in [3.8, 4) is 10.4 Å². The van der Waals surface area contributed by atoms with Crippen molar-refractivity contribution in [1.82, 2.24) is 14.9 Å². The summed E-state index contributed by atoms with van der Waals surface area (Å²) in [6.45, 7) is 0.226. The summed E-state index contributed by atoms with van der Waals surface area (Å²) >= 11 is 7.67. The predicted octanol–water partition coefficient (Wildman–Crippen LogP) is 2.75. The molecular formula is C23H25ClN4O4S. The Labute approximate surface area is 200 Å². The second-order valence-electron chi connectivity index (χ2n) is 8.90. The van der Waals surface area contributed by atoms with Crippen molar-refractivity contribution in [2.45, 2.75) is 55.5 Å². The van der Waals surface area contributed by atoms with Crippen LogP contribution in [-0.4, -0.2) is 63.1 Å². The van der Waals surface area contributed by atoms with Gasteiger partial charge in [-0.3, -0.25) is 19.4 Å². The van der Waals surface area contributed by atoms with E-state index in [2.05, 4.69) is 9.97 Å². The van der Waals surface area contributed by atoms with Gasteiger partial charge in [-0.1, -0.05) is 19.3 Å². The molecule has 2 N–H and O–H groups in total. The number of aromatic nitrogens is 2. The van der Waals surface area contributed by atoms with Crippen molar-refractivity contribution in [2.75, 3.05) is 13.2 Å². The molecule has 2 saturated heterocycles. The molecule has 174 valence electrons. The Bertz CT molecular complexity index is 1070. The van der Waals surface area contributed by atoms with E-state index < -0.39 is 29.3 Å². The van der Waals surface area contributed by atoms with Gasteiger partial charge in [0.15, 0.2) is 10.8 Å². The van der Waals surface area contributed by atoms with Crippen LogP contribution >= 0.6 is 22.9 Å². The maximum atomic E-state index is 14.1. The van der Waals surface area contributed by atoms with Crippen LogP contribution in [0.2, 0.25) is 0 Å². The third-order valence-corrected chi connectivity index (χ3v) is 8.42. The van der Waals surface area contributed by atoms with Gasteiger partial charge >= 0.3 is 0 Å². The minimum absolute atomic E-state index is 0.0266. The Balaban J connectivity index is 1.60. The number of amides is 2. The Kier molecular flexibility index (Phi) is 6.20. The number of nitrogens with zero attached hydrogens (tertiary/aromatic N) is 3. The van der Waals surface area contributed by atoms with E-state index >= 15 is 0 Å². The van der Waals surface area contributed by atoms with Gasteiger partial charge in [0, 0.05) is 18.9 Å². The third kappa shape index (κ3) is 4.06. The molecule has 0 bridgehead atoms. The van der Waals surface area contributed by atoms with Gasteiger partial charge < -0.3 is 15.4 Å². The summed E-state index contributed by atoms with van der Waals surface area (Å²) in [6.07, 6.45) is 7.79. The summed E-state index contributed by atoms with van der Waals surface area (Å²) in [4.78, 5) is 49.8. The summed E-state index contributed by atoms with van der Waals surface area (Å²) in [5, 5.41) is -0.270. The van der Waals surface area contributed by atoms with Crippen molar-refractivity contribution in [2.24, 2.45) is 11.7 Å². The monoisotopic (exact) mass is 488 g/mol. The number of halogens is 1. The number of hydrogen-bond donors (Lipinski definition) is 1. The van der Waals surface area contributed by atoms with Gasteiger partial charge in [0.2, 0.25) is 5.91 Å². The van der Waals surface area contributed by atoms with Crippen LogP contribution < -0.4 is 5.73 Å². The number of carbonyl (C=O) groups is 3. The zero-order valence-corrected chi connectivity index (χ0v) is 19.6. The molecule has 2 aliphatic heterocycles. The first-order chi connectivity index (χ1) is 16.0. The van der Waals surface area contributed by atoms with Gasteiger partial charge in [0.05, 0.1) is 21.9 Å². The lowest BCUT2D eigenvalue weighted by Crippen LogP contribution is -2.45. The number of primary amides is 1. The van der Waals surface area contributed by atoms with Gasteiger partial charge in [-0.05, 0) is 36.5 Å². The molecule has 3 fully saturated rings. The number of thiazole rings is 1. The molecule has 0 spiro atoms. The molecular weight excluding hydrogens is 464 g/mol. The zero-order chi connectivity index (χ0) is 23.1. The number of pyridine rings is 1. The first-order valence-electron chi connectivity index (χ1n) is 11.3. The molecule has 33 heavy (non-hydrogen) atoms. The molecule has 5 rings (SSSR count). The van der Waals surface area contributed by atoms with Crippen LogP contribution in [0.3, 0.4) is 0 Å². The fraction of sp³-hybridized carbons (Fsp3) is 0.522. The lowest BCUT2D eigenvalue weighted by Gasteiger charge is -2.33. The SMILES string of the molecule is NC(=O)c1nc([C@@H](C(=O)N2C[C@H](Cl)[C@H]3OCC(=O)[C@H]32)C2CCCCC2)c(-c2ccncc2)s1. The molecule has 2 amide bonds. The van der Waals surface area contributed by atoms with E-state index in [1.165, 1.54) is 11.3 Å². The molecule has 2 aromatic heterocycles. The van der Waals surface area contributed by atoms with E-state index in [9.17, 15) is 14.4 Å². The van der Waals surface area contributed by atoms with E-state index in [0.717, 1.165) is 42.5 Å². The fourth-order valence-electron chi connectivity index (χ4n) is 5.37. The molecule has 8 nitrogen and oxygen atoms in total. The number of ketones is 1. The van der Waals surface area contributed by atoms with E-state index in [0.29, 0.717) is 5.69 Å². The van der Waals surface area contributed by atoms with E-state index in [4.69, 9.17) is 22.1 Å². The molecule has 0 radical (unpaired) electrons. The molecule has 4 atom stereocenters. The number of rotatable bonds is 5. The number of hydrogen-bond acceptors (Lipinski definition) is 7. The lowest BCUT2D eigenvalue weighted by atomic mass is 9.77. The highest BCUT2D eigenvalue weighted by Crippen LogP contribution is 2.44. The highest BCUT2D eigenvalue weighted by molar-refractivity contribution is 7.17. The van der Waals surface area contributed by atoms with Crippen molar-refractivity contribution in [1.29, 1.82) is 0 Å². The standard InChI is InChI=1S/C23H25ClN4O4S/c24-14-10-28(18-15(29)11-32-19(14)18)23(31)16(12-4-2-1-3-5-12)17-20(13-6-8-26-9-7-13)33-22(27-17)21(25)30/h6-9,12,14,16,18-19H,1-5,10-11H2,(H2,25,30)/t14-,16-,18+,19+/m0/s1. The van der Waals surface area contributed by atoms with Crippen molar-refractivity contribution in [3.05, 3.63) is 35.2 Å². The number of likely N-dealkylation sites (tertiary alicyclic amines) is 1. The molecule has 2 aromatic rings. The van der Waals surface area contributed by atoms with Gasteiger partial charge in [0.25, 0.3) is 5.91 Å². The number of ether oxygens (including phenoxy) is 1. The summed E-state index contributed by atoms with van der Waals surface area (Å²) in [6, 6.07) is 3.00. The van der Waals surface area contributed by atoms with Crippen LogP contribution in [-0.2, 0) is 14.3 Å². The quantitative estimate of drug-likeness (QED) is 0.647. The predicted molar refractivity (Wildman–Crippen MR) is 123 cm³/mol. The first kappa shape index (κ1) is 22.4. The number of Topliss-reactive ketones (excluding diaryl/α,β-unsaturated/α-hetero) is 1. The highest BCUT2D eigenvalue weighted by atomic mass is 35.5. The molecule has 0 unspecified atom stereocenters. The van der Waals surface area contributed by atoms with Crippen LogP contribution in [0, 0.1) is 5.92 Å². The number of carbonyl (C=O) groups excluding carboxylic acids is 3. The first-order valence-corrected chi connectivity index (χ1v) is 12.5. The van der Waals surface area contributed by atoms with Gasteiger partial charge in [0.1, 0.15) is 18.8 Å². The molecule has 10 heteroatoms. The van der Waals surface area contributed by atoms with Crippen molar-refractivity contribution < 1.29 is 19.1 Å². The van der Waals surface area contributed by atoms with Crippen molar-refractivity contribution >= 4 is 40.5 Å². The largest absolute Gasteiger partial charge is 0.366 e. The average Bonchev–Trinajstić information content (AvgIpc) is 3.52. The van der Waals surface area contributed by atoms with Gasteiger partial charge in [-0.25, -0.2) is 4.98 Å². The maximum absolute atomic E-state index is 14.1. The van der Waals surface area contributed by atoms with E-state index in [-0.39, 0.29) is 35.8 Å². The smallest absolute Gasteiger partial charge is 0.277 e. The molecule has 1 saturated carbocycles. The maximum Gasteiger partial charge on any atom is 0.277 e. The van der Waals surface area contributed by atoms with Crippen LogP contribution in [0.1, 0.15) is 53.5 Å². The Morgan fingerprint density at radius 3 is 2.64 bits per heavy atom. The van der Waals surface area contributed by atoms with E-state index in [1.807, 2.05) is 12.1 Å². The van der Waals surface area contributed by atoms with Crippen LogP contribution in [0.15, 0.2) is 24.5 Å². The second-order valence-corrected chi connectivity index (χ2v) is 10.5. The summed E-state index contributed by atoms with van der Waals surface area (Å²) in [5.74, 6) is -1.45. The molecule has 0 aromatic carbocycles. The lowest BCUT2D eigenvalue weighted by molar-refractivity contribution is -0.139. The Morgan fingerprint density at radius 1 is 1.21 bits per heavy atom. The number of alkyl halides is 1. The topological polar surface area (TPSA) is 115 Å². The molecule has 4 heterocycles. The summed E-state index contributed by atoms with van der Waals surface area (Å²) in [5.41, 5.74) is 6.96. The molecule has 3 aliphatic rings. The fourth-order valence-corrected chi connectivity index (χ4v) is 6.70. The number of fused-ring (bicyclic) bond motifs is 1. The minimum atomic E-state index is -0.662. The van der Waals surface area contributed by atoms with Crippen LogP contribution in [0.4, 0.5) is 0 Å². The summed E-state index contributed by atoms with van der Waals surface area (Å²) in [7, 11) is 0. The Morgan fingerprint density at radius 2 is 1.94 bits per heavy atom. The second kappa shape index (κ2) is 9.12. The molecule has 1 aliphatic carbocycles. The highest BCUT2D eigenvalue weighted by Gasteiger charge is 2.53.